The first-order valence-corrected chi connectivity index (χ1v) is 8.00. The Morgan fingerprint density at radius 1 is 1.25 bits per heavy atom. The molecule has 3 rings (SSSR count). The van der Waals surface area contributed by atoms with Crippen molar-refractivity contribution in [3.63, 3.8) is 0 Å². The molecule has 0 aromatic rings. The van der Waals surface area contributed by atoms with Crippen molar-refractivity contribution < 1.29 is 5.11 Å². The van der Waals surface area contributed by atoms with Crippen LogP contribution in [0, 0.1) is 23.2 Å². The molecule has 1 nitrogen and oxygen atoms in total. The number of aliphatic hydroxyl groups excluding tert-OH is 1. The summed E-state index contributed by atoms with van der Waals surface area (Å²) in [5, 5.41) is 8.72. The number of fused-ring (bicyclic) bond motifs is 2. The third kappa shape index (κ3) is 2.43. The number of hydrogen-bond donors (Lipinski definition) is 1. The van der Waals surface area contributed by atoms with Crippen LogP contribution in [0.5, 0.6) is 0 Å². The molecule has 0 unspecified atom stereocenters. The van der Waals surface area contributed by atoms with Crippen LogP contribution in [0.2, 0.25) is 0 Å². The van der Waals surface area contributed by atoms with Crippen molar-refractivity contribution in [2.75, 3.05) is 18.1 Å². The molecule has 0 amide bonds. The maximum Gasteiger partial charge on any atom is 0.0438 e. The van der Waals surface area contributed by atoms with Gasteiger partial charge in [0.15, 0.2) is 0 Å². The molecule has 0 saturated heterocycles. The van der Waals surface area contributed by atoms with E-state index in [1.807, 2.05) is 11.8 Å². The number of aliphatic hydroxyl groups is 1. The maximum absolute atomic E-state index is 8.72. The Hall–Kier alpha value is 0.310. The van der Waals surface area contributed by atoms with Crippen LogP contribution >= 0.6 is 11.8 Å². The molecule has 2 heteroatoms. The minimum Gasteiger partial charge on any atom is -0.396 e. The first-order chi connectivity index (χ1) is 7.66. The fourth-order valence-corrected chi connectivity index (χ4v) is 4.82. The van der Waals surface area contributed by atoms with Crippen molar-refractivity contribution in [2.45, 2.75) is 46.0 Å². The van der Waals surface area contributed by atoms with Gasteiger partial charge < -0.3 is 5.11 Å². The molecule has 3 atom stereocenters. The molecule has 0 aliphatic heterocycles. The zero-order valence-corrected chi connectivity index (χ0v) is 11.6. The second kappa shape index (κ2) is 5.30. The predicted molar refractivity (Wildman–Crippen MR) is 71.7 cm³/mol. The Morgan fingerprint density at radius 2 is 2.06 bits per heavy atom. The number of hydrogen-bond acceptors (Lipinski definition) is 2. The molecule has 94 valence electrons. The second-order valence-electron chi connectivity index (χ2n) is 6.18. The van der Waals surface area contributed by atoms with Gasteiger partial charge in [-0.15, -0.1) is 0 Å². The van der Waals surface area contributed by atoms with E-state index in [9.17, 15) is 0 Å². The molecular formula is C14H26OS. The zero-order chi connectivity index (χ0) is 11.6. The van der Waals surface area contributed by atoms with Gasteiger partial charge in [-0.25, -0.2) is 0 Å². The Labute approximate surface area is 104 Å². The topological polar surface area (TPSA) is 20.2 Å². The van der Waals surface area contributed by atoms with E-state index in [1.165, 1.54) is 31.4 Å². The van der Waals surface area contributed by atoms with Gasteiger partial charge in [-0.3, -0.25) is 0 Å². The highest BCUT2D eigenvalue weighted by Gasteiger charge is 2.53. The van der Waals surface area contributed by atoms with Crippen LogP contribution in [-0.2, 0) is 0 Å². The molecule has 0 aromatic carbocycles. The largest absolute Gasteiger partial charge is 0.396 e. The minimum atomic E-state index is 0.355. The van der Waals surface area contributed by atoms with Crippen molar-refractivity contribution in [3.05, 3.63) is 0 Å². The Morgan fingerprint density at radius 3 is 2.69 bits per heavy atom. The summed E-state index contributed by atoms with van der Waals surface area (Å²) in [6, 6.07) is 0. The van der Waals surface area contributed by atoms with Gasteiger partial charge in [-0.1, -0.05) is 13.8 Å². The number of rotatable bonds is 6. The van der Waals surface area contributed by atoms with E-state index in [4.69, 9.17) is 5.11 Å². The summed E-state index contributed by atoms with van der Waals surface area (Å²) in [6.07, 6.45) is 6.86. The van der Waals surface area contributed by atoms with Crippen LogP contribution < -0.4 is 0 Å². The first kappa shape index (κ1) is 12.8. The van der Waals surface area contributed by atoms with E-state index in [0.29, 0.717) is 12.0 Å². The van der Waals surface area contributed by atoms with E-state index in [-0.39, 0.29) is 0 Å². The minimum absolute atomic E-state index is 0.355. The van der Waals surface area contributed by atoms with Crippen LogP contribution in [0.1, 0.15) is 46.0 Å². The zero-order valence-electron chi connectivity index (χ0n) is 10.7. The molecule has 0 heterocycles. The predicted octanol–water partition coefficient (Wildman–Crippen LogP) is 3.56. The SMILES string of the molecule is CC1(C)[C@H]2CC[C@@H](CCSCCCO)[C@@H]1C2. The van der Waals surface area contributed by atoms with Gasteiger partial charge in [-0.05, 0) is 66.8 Å². The van der Waals surface area contributed by atoms with Gasteiger partial charge in [0.25, 0.3) is 0 Å². The second-order valence-corrected chi connectivity index (χ2v) is 7.40. The smallest absolute Gasteiger partial charge is 0.0438 e. The normalized spacial score (nSPS) is 35.8. The molecule has 0 aromatic heterocycles. The van der Waals surface area contributed by atoms with Gasteiger partial charge in [0.1, 0.15) is 0 Å². The lowest BCUT2D eigenvalue weighted by molar-refractivity contribution is -0.105. The van der Waals surface area contributed by atoms with Gasteiger partial charge in [-0.2, -0.15) is 11.8 Å². The molecule has 0 radical (unpaired) electrons. The quantitative estimate of drug-likeness (QED) is 0.719. The molecule has 2 bridgehead atoms. The monoisotopic (exact) mass is 242 g/mol. The summed E-state index contributed by atoms with van der Waals surface area (Å²) in [6.45, 7) is 5.32. The Kier molecular flexibility index (Phi) is 4.23. The third-order valence-corrected chi connectivity index (χ3v) is 6.18. The van der Waals surface area contributed by atoms with E-state index in [0.717, 1.165) is 29.9 Å². The van der Waals surface area contributed by atoms with Crippen LogP contribution in [0.4, 0.5) is 0 Å². The molecule has 0 spiro atoms. The highest BCUT2D eigenvalue weighted by molar-refractivity contribution is 7.99. The first-order valence-electron chi connectivity index (χ1n) is 6.85. The lowest BCUT2D eigenvalue weighted by Crippen LogP contribution is -2.52. The van der Waals surface area contributed by atoms with Crippen molar-refractivity contribution in [3.8, 4) is 0 Å². The van der Waals surface area contributed by atoms with Gasteiger partial charge >= 0.3 is 0 Å². The standard InChI is InChI=1S/C14H26OS/c1-14(2)12-5-4-11(13(14)10-12)6-9-16-8-3-7-15/h11-13,15H,3-10H2,1-2H3/t11-,12-,13-/m0/s1. The van der Waals surface area contributed by atoms with E-state index in [2.05, 4.69) is 13.8 Å². The van der Waals surface area contributed by atoms with Gasteiger partial charge in [0, 0.05) is 6.61 Å². The third-order valence-electron chi connectivity index (χ3n) is 5.08. The summed E-state index contributed by atoms with van der Waals surface area (Å²) in [4.78, 5) is 0. The molecule has 3 aliphatic carbocycles. The Bertz CT molecular complexity index is 225. The molecule has 16 heavy (non-hydrogen) atoms. The van der Waals surface area contributed by atoms with Crippen molar-refractivity contribution in [2.24, 2.45) is 23.2 Å². The van der Waals surface area contributed by atoms with E-state index < -0.39 is 0 Å². The van der Waals surface area contributed by atoms with Crippen molar-refractivity contribution in [1.29, 1.82) is 0 Å². The average molecular weight is 242 g/mol. The van der Waals surface area contributed by atoms with Crippen LogP contribution in [0.15, 0.2) is 0 Å². The maximum atomic E-state index is 8.72. The lowest BCUT2D eigenvalue weighted by atomic mass is 9.45. The summed E-state index contributed by atoms with van der Waals surface area (Å²) in [5.41, 5.74) is 0.651. The van der Waals surface area contributed by atoms with Gasteiger partial charge in [0.2, 0.25) is 0 Å². The lowest BCUT2D eigenvalue weighted by Gasteiger charge is -2.60. The molecule has 1 N–H and O–H groups in total. The summed E-state index contributed by atoms with van der Waals surface area (Å²) in [5.74, 6) is 5.50. The molecular weight excluding hydrogens is 216 g/mol. The van der Waals surface area contributed by atoms with E-state index in [1.54, 1.807) is 0 Å². The average Bonchev–Trinajstić information content (AvgIpc) is 2.29. The van der Waals surface area contributed by atoms with Crippen LogP contribution in [0.25, 0.3) is 0 Å². The van der Waals surface area contributed by atoms with Crippen molar-refractivity contribution in [1.82, 2.24) is 0 Å². The Balaban J connectivity index is 1.66. The highest BCUT2D eigenvalue weighted by Crippen LogP contribution is 2.62. The van der Waals surface area contributed by atoms with E-state index >= 15 is 0 Å². The summed E-state index contributed by atoms with van der Waals surface area (Å²) in [7, 11) is 0. The van der Waals surface area contributed by atoms with Crippen molar-refractivity contribution >= 4 is 11.8 Å². The van der Waals surface area contributed by atoms with Gasteiger partial charge in [0.05, 0.1) is 0 Å². The fourth-order valence-electron chi connectivity index (χ4n) is 3.81. The summed E-state index contributed by atoms with van der Waals surface area (Å²) >= 11 is 2.03. The summed E-state index contributed by atoms with van der Waals surface area (Å²) < 4.78 is 0. The highest BCUT2D eigenvalue weighted by atomic mass is 32.2. The molecule has 3 aliphatic rings. The molecule has 3 fully saturated rings. The molecule has 3 saturated carbocycles. The van der Waals surface area contributed by atoms with Crippen LogP contribution in [0.3, 0.4) is 0 Å². The fraction of sp³-hybridized carbons (Fsp3) is 1.00. The number of thioether (sulfide) groups is 1. The van der Waals surface area contributed by atoms with Crippen LogP contribution in [-0.4, -0.2) is 23.2 Å².